The van der Waals surface area contributed by atoms with Crippen molar-refractivity contribution in [1.29, 1.82) is 0 Å². The molecule has 6 atom stereocenters. The number of hydrogen-bond donors (Lipinski definition) is 0. The van der Waals surface area contributed by atoms with E-state index < -0.39 is 5.60 Å². The predicted octanol–water partition coefficient (Wildman–Crippen LogP) is 5.41. The van der Waals surface area contributed by atoms with Crippen LogP contribution >= 0.6 is 0 Å². The highest BCUT2D eigenvalue weighted by Gasteiger charge is 2.56. The predicted molar refractivity (Wildman–Crippen MR) is 104 cm³/mol. The summed E-state index contributed by atoms with van der Waals surface area (Å²) in [5.41, 5.74) is -0.0907. The average molecular weight is 363 g/mol. The number of hydrogen-bond acceptors (Lipinski definition) is 3. The molecule has 3 aliphatic rings. The summed E-state index contributed by atoms with van der Waals surface area (Å²) in [5.74, 6) is 3.31. The SMILES string of the molecule is CCC(C)(OC(=O)C1CC2CC1C(C)C2C(C)(C)C)C1CCC(=O)CC1. The molecule has 6 unspecified atom stereocenters. The van der Waals surface area contributed by atoms with Crippen molar-refractivity contribution in [2.45, 2.75) is 92.1 Å². The number of Topliss-reactive ketones (excluding diaryl/α,β-unsaturated/α-hetero) is 1. The fourth-order valence-corrected chi connectivity index (χ4v) is 6.75. The van der Waals surface area contributed by atoms with E-state index in [1.165, 1.54) is 6.42 Å². The Hall–Kier alpha value is -0.860. The Kier molecular flexibility index (Phi) is 5.31. The average Bonchev–Trinajstić information content (AvgIpc) is 3.12. The van der Waals surface area contributed by atoms with Gasteiger partial charge in [-0.25, -0.2) is 0 Å². The monoisotopic (exact) mass is 362 g/mol. The van der Waals surface area contributed by atoms with E-state index in [1.54, 1.807) is 0 Å². The van der Waals surface area contributed by atoms with Crippen LogP contribution in [-0.4, -0.2) is 17.4 Å². The van der Waals surface area contributed by atoms with E-state index >= 15 is 0 Å². The summed E-state index contributed by atoms with van der Waals surface area (Å²) in [4.78, 5) is 24.7. The molecule has 0 heterocycles. The van der Waals surface area contributed by atoms with Gasteiger partial charge in [0, 0.05) is 12.8 Å². The zero-order valence-electron chi connectivity index (χ0n) is 17.6. The molecule has 0 aromatic heterocycles. The molecule has 2 bridgehead atoms. The number of carbonyl (C=O) groups excluding carboxylic acids is 2. The molecule has 0 amide bonds. The minimum atomic E-state index is -0.410. The maximum absolute atomic E-state index is 13.1. The quantitative estimate of drug-likeness (QED) is 0.628. The van der Waals surface area contributed by atoms with Gasteiger partial charge in [-0.2, -0.15) is 0 Å². The van der Waals surface area contributed by atoms with Crippen molar-refractivity contribution in [2.75, 3.05) is 0 Å². The molecule has 3 rings (SSSR count). The van der Waals surface area contributed by atoms with Crippen molar-refractivity contribution in [1.82, 2.24) is 0 Å². The molecule has 0 aromatic carbocycles. The number of fused-ring (bicyclic) bond motifs is 2. The number of ketones is 1. The summed E-state index contributed by atoms with van der Waals surface area (Å²) < 4.78 is 6.22. The van der Waals surface area contributed by atoms with Crippen LogP contribution in [0.4, 0.5) is 0 Å². The van der Waals surface area contributed by atoms with Gasteiger partial charge in [-0.05, 0) is 74.0 Å². The third-order valence-electron chi connectivity index (χ3n) is 8.14. The molecule has 0 aliphatic heterocycles. The summed E-state index contributed by atoms with van der Waals surface area (Å²) in [6.07, 6.45) is 6.08. The Labute approximate surface area is 159 Å². The van der Waals surface area contributed by atoms with Crippen molar-refractivity contribution >= 4 is 11.8 Å². The first-order chi connectivity index (χ1) is 12.1. The Morgan fingerprint density at radius 3 is 2.23 bits per heavy atom. The third-order valence-corrected chi connectivity index (χ3v) is 8.14. The fraction of sp³-hybridized carbons (Fsp3) is 0.913. The molecule has 0 saturated heterocycles. The summed E-state index contributed by atoms with van der Waals surface area (Å²) in [7, 11) is 0. The van der Waals surface area contributed by atoms with Crippen LogP contribution in [0.5, 0.6) is 0 Å². The molecule has 26 heavy (non-hydrogen) atoms. The second-order valence-electron chi connectivity index (χ2n) is 10.7. The second kappa shape index (κ2) is 6.95. The molecule has 0 radical (unpaired) electrons. The highest BCUT2D eigenvalue weighted by atomic mass is 16.6. The van der Waals surface area contributed by atoms with E-state index in [4.69, 9.17) is 4.74 Å². The minimum Gasteiger partial charge on any atom is -0.459 e. The van der Waals surface area contributed by atoms with Gasteiger partial charge in [0.1, 0.15) is 11.4 Å². The molecule has 3 fully saturated rings. The van der Waals surface area contributed by atoms with E-state index in [-0.39, 0.29) is 11.9 Å². The smallest absolute Gasteiger partial charge is 0.309 e. The molecular weight excluding hydrogens is 324 g/mol. The molecule has 0 spiro atoms. The van der Waals surface area contributed by atoms with Crippen LogP contribution in [0, 0.1) is 40.9 Å². The topological polar surface area (TPSA) is 43.4 Å². The van der Waals surface area contributed by atoms with Crippen molar-refractivity contribution < 1.29 is 14.3 Å². The van der Waals surface area contributed by atoms with Gasteiger partial charge in [0.05, 0.1) is 5.92 Å². The van der Waals surface area contributed by atoms with Crippen molar-refractivity contribution in [2.24, 2.45) is 40.9 Å². The first kappa shape index (κ1) is 19.9. The summed E-state index contributed by atoms with van der Waals surface area (Å²) >= 11 is 0. The zero-order valence-corrected chi connectivity index (χ0v) is 17.6. The highest BCUT2D eigenvalue weighted by Crippen LogP contribution is 2.60. The van der Waals surface area contributed by atoms with E-state index in [2.05, 4.69) is 41.5 Å². The minimum absolute atomic E-state index is 0.0398. The number of carbonyl (C=O) groups is 2. The molecule has 3 saturated carbocycles. The lowest BCUT2D eigenvalue weighted by molar-refractivity contribution is -0.174. The van der Waals surface area contributed by atoms with Gasteiger partial charge < -0.3 is 4.74 Å². The number of esters is 1. The molecule has 0 aromatic rings. The molecular formula is C23H38O3. The molecule has 3 heteroatoms. The lowest BCUT2D eigenvalue weighted by Gasteiger charge is -2.43. The lowest BCUT2D eigenvalue weighted by Crippen LogP contribution is -2.44. The van der Waals surface area contributed by atoms with Crippen LogP contribution in [0.2, 0.25) is 0 Å². The maximum Gasteiger partial charge on any atom is 0.309 e. The van der Waals surface area contributed by atoms with Crippen LogP contribution in [0.3, 0.4) is 0 Å². The van der Waals surface area contributed by atoms with Gasteiger partial charge >= 0.3 is 5.97 Å². The lowest BCUT2D eigenvalue weighted by atomic mass is 9.64. The first-order valence-corrected chi connectivity index (χ1v) is 10.8. The maximum atomic E-state index is 13.1. The van der Waals surface area contributed by atoms with Gasteiger partial charge in [0.15, 0.2) is 0 Å². The van der Waals surface area contributed by atoms with Crippen molar-refractivity contribution in [3.05, 3.63) is 0 Å². The van der Waals surface area contributed by atoms with Crippen molar-refractivity contribution in [3.63, 3.8) is 0 Å². The van der Waals surface area contributed by atoms with Crippen molar-refractivity contribution in [3.8, 4) is 0 Å². The van der Waals surface area contributed by atoms with Gasteiger partial charge in [-0.15, -0.1) is 0 Å². The van der Waals surface area contributed by atoms with Gasteiger partial charge in [-0.1, -0.05) is 34.6 Å². The van der Waals surface area contributed by atoms with E-state index in [0.29, 0.717) is 47.7 Å². The highest BCUT2D eigenvalue weighted by molar-refractivity contribution is 5.79. The molecule has 148 valence electrons. The van der Waals surface area contributed by atoms with E-state index in [9.17, 15) is 9.59 Å². The Bertz CT molecular complexity index is 548. The summed E-state index contributed by atoms with van der Waals surface area (Å²) in [6.45, 7) is 13.6. The Morgan fingerprint density at radius 1 is 1.12 bits per heavy atom. The fourth-order valence-electron chi connectivity index (χ4n) is 6.75. The summed E-state index contributed by atoms with van der Waals surface area (Å²) in [5, 5.41) is 0. The second-order valence-corrected chi connectivity index (χ2v) is 10.7. The van der Waals surface area contributed by atoms with Crippen LogP contribution in [0.15, 0.2) is 0 Å². The van der Waals surface area contributed by atoms with Crippen LogP contribution in [-0.2, 0) is 14.3 Å². The van der Waals surface area contributed by atoms with Crippen LogP contribution in [0.1, 0.15) is 86.5 Å². The zero-order chi connectivity index (χ0) is 19.3. The third kappa shape index (κ3) is 3.47. The first-order valence-electron chi connectivity index (χ1n) is 10.8. The standard InChI is InChI=1S/C23H38O3/c1-7-23(6,16-8-10-17(24)11-9-16)26-21(25)19-13-15-12-18(19)14(2)20(15)22(3,4)5/h14-16,18-20H,7-13H2,1-6H3. The van der Waals surface area contributed by atoms with Gasteiger partial charge in [-0.3, -0.25) is 9.59 Å². The van der Waals surface area contributed by atoms with Crippen LogP contribution in [0.25, 0.3) is 0 Å². The van der Waals surface area contributed by atoms with Gasteiger partial charge in [0.2, 0.25) is 0 Å². The van der Waals surface area contributed by atoms with Gasteiger partial charge in [0.25, 0.3) is 0 Å². The van der Waals surface area contributed by atoms with Crippen LogP contribution < -0.4 is 0 Å². The summed E-state index contributed by atoms with van der Waals surface area (Å²) in [6, 6.07) is 0. The number of rotatable bonds is 4. The molecule has 3 nitrogen and oxygen atoms in total. The van der Waals surface area contributed by atoms with E-state index in [0.717, 1.165) is 31.6 Å². The van der Waals surface area contributed by atoms with E-state index in [1.807, 2.05) is 0 Å². The Balaban J connectivity index is 1.66. The number of ether oxygens (including phenoxy) is 1. The normalized spacial score (nSPS) is 37.6. The molecule has 0 N–H and O–H groups in total. The molecule has 3 aliphatic carbocycles. The largest absolute Gasteiger partial charge is 0.459 e. The Morgan fingerprint density at radius 2 is 1.73 bits per heavy atom.